The molecule has 0 radical (unpaired) electrons. The lowest BCUT2D eigenvalue weighted by atomic mass is 10.0. The summed E-state index contributed by atoms with van der Waals surface area (Å²) in [6.07, 6.45) is 20.8. The van der Waals surface area contributed by atoms with Crippen LogP contribution in [0.1, 0.15) is 131 Å². The van der Waals surface area contributed by atoms with E-state index in [1.807, 2.05) is 30.3 Å². The van der Waals surface area contributed by atoms with Gasteiger partial charge in [-0.3, -0.25) is 4.79 Å². The normalized spacial score (nSPS) is 11.1. The van der Waals surface area contributed by atoms with Crippen molar-refractivity contribution in [3.63, 3.8) is 0 Å². The van der Waals surface area contributed by atoms with Gasteiger partial charge in [-0.15, -0.1) is 0 Å². The first-order valence-corrected chi connectivity index (χ1v) is 14.8. The fourth-order valence-corrected chi connectivity index (χ4v) is 4.72. The number of aromatic hydroxyl groups is 1. The van der Waals surface area contributed by atoms with Gasteiger partial charge in [0.25, 0.3) is 0 Å². The van der Waals surface area contributed by atoms with Gasteiger partial charge in [0.2, 0.25) is 0 Å². The standard InChI is InChI=1S/C33H50O4/c1-3-5-7-9-11-13-15-17-28-19-21-32(35)31(24-28)26-36-27-37-33-22-20-29(23-30(33)25-34)18-16-14-12-10-8-6-4-2/h19-25,35H,3-18,26-27H2,1-2H3. The third-order valence-electron chi connectivity index (χ3n) is 7.04. The van der Waals surface area contributed by atoms with Crippen LogP contribution in [-0.2, 0) is 24.2 Å². The first-order chi connectivity index (χ1) is 18.2. The average Bonchev–Trinajstić information content (AvgIpc) is 2.91. The Balaban J connectivity index is 1.71. The minimum absolute atomic E-state index is 0.0272. The predicted octanol–water partition coefficient (Wildman–Crippen LogP) is 9.34. The highest BCUT2D eigenvalue weighted by Gasteiger charge is 2.07. The van der Waals surface area contributed by atoms with Crippen LogP contribution in [0.2, 0.25) is 0 Å². The van der Waals surface area contributed by atoms with Gasteiger partial charge in [-0.25, -0.2) is 0 Å². The Morgan fingerprint density at radius 2 is 1.24 bits per heavy atom. The fraction of sp³-hybridized carbons (Fsp3) is 0.606. The molecule has 4 nitrogen and oxygen atoms in total. The number of hydrogen-bond donors (Lipinski definition) is 1. The Hall–Kier alpha value is -2.33. The molecule has 4 heteroatoms. The zero-order valence-electron chi connectivity index (χ0n) is 23.4. The van der Waals surface area contributed by atoms with E-state index in [0.29, 0.717) is 11.3 Å². The minimum Gasteiger partial charge on any atom is -0.508 e. The van der Waals surface area contributed by atoms with Gasteiger partial charge in [0.1, 0.15) is 11.5 Å². The molecule has 0 heterocycles. The number of unbranched alkanes of at least 4 members (excludes halogenated alkanes) is 12. The summed E-state index contributed by atoms with van der Waals surface area (Å²) in [4.78, 5) is 11.6. The number of phenols is 1. The summed E-state index contributed by atoms with van der Waals surface area (Å²) in [7, 11) is 0. The Morgan fingerprint density at radius 1 is 0.703 bits per heavy atom. The van der Waals surface area contributed by atoms with Gasteiger partial charge in [0.15, 0.2) is 13.1 Å². The number of phenolic OH excluding ortho intramolecular Hbond substituents is 1. The maximum Gasteiger partial charge on any atom is 0.189 e. The highest BCUT2D eigenvalue weighted by molar-refractivity contribution is 5.79. The summed E-state index contributed by atoms with van der Waals surface area (Å²) in [5, 5.41) is 10.2. The third-order valence-corrected chi connectivity index (χ3v) is 7.04. The average molecular weight is 511 g/mol. The van der Waals surface area contributed by atoms with Crippen LogP contribution in [-0.4, -0.2) is 18.2 Å². The van der Waals surface area contributed by atoms with Crippen molar-refractivity contribution in [3.05, 3.63) is 58.7 Å². The van der Waals surface area contributed by atoms with E-state index in [4.69, 9.17) is 9.47 Å². The lowest BCUT2D eigenvalue weighted by Crippen LogP contribution is -2.05. The number of hydrogen-bond acceptors (Lipinski definition) is 4. The summed E-state index contributed by atoms with van der Waals surface area (Å²) in [6, 6.07) is 11.6. The molecule has 0 aliphatic heterocycles. The molecule has 2 aromatic rings. The summed E-state index contributed by atoms with van der Waals surface area (Å²) in [6.45, 7) is 4.78. The first-order valence-electron chi connectivity index (χ1n) is 14.8. The van der Waals surface area contributed by atoms with Crippen molar-refractivity contribution < 1.29 is 19.4 Å². The highest BCUT2D eigenvalue weighted by atomic mass is 16.7. The smallest absolute Gasteiger partial charge is 0.189 e. The van der Waals surface area contributed by atoms with Crippen molar-refractivity contribution >= 4 is 6.29 Å². The van der Waals surface area contributed by atoms with Crippen molar-refractivity contribution in [2.45, 2.75) is 123 Å². The molecule has 0 saturated carbocycles. The number of benzene rings is 2. The molecule has 0 spiro atoms. The van der Waals surface area contributed by atoms with Crippen LogP contribution in [0.5, 0.6) is 11.5 Å². The van der Waals surface area contributed by atoms with E-state index >= 15 is 0 Å². The van der Waals surface area contributed by atoms with Gasteiger partial charge < -0.3 is 14.6 Å². The Morgan fingerprint density at radius 3 is 1.84 bits per heavy atom. The topological polar surface area (TPSA) is 55.8 Å². The largest absolute Gasteiger partial charge is 0.508 e. The van der Waals surface area contributed by atoms with Gasteiger partial charge in [0.05, 0.1) is 12.2 Å². The van der Waals surface area contributed by atoms with E-state index in [0.717, 1.165) is 31.1 Å². The van der Waals surface area contributed by atoms with Gasteiger partial charge >= 0.3 is 0 Å². The van der Waals surface area contributed by atoms with Gasteiger partial charge in [-0.1, -0.05) is 103 Å². The quantitative estimate of drug-likeness (QED) is 0.0974. The summed E-state index contributed by atoms with van der Waals surface area (Å²) in [5.41, 5.74) is 3.73. The summed E-state index contributed by atoms with van der Waals surface area (Å²) >= 11 is 0. The zero-order chi connectivity index (χ0) is 26.6. The second-order valence-electron chi connectivity index (χ2n) is 10.3. The van der Waals surface area contributed by atoms with Crippen molar-refractivity contribution in [1.29, 1.82) is 0 Å². The fourth-order valence-electron chi connectivity index (χ4n) is 4.72. The number of carbonyl (C=O) groups is 1. The molecule has 0 saturated heterocycles. The van der Waals surface area contributed by atoms with E-state index in [-0.39, 0.29) is 19.1 Å². The van der Waals surface area contributed by atoms with E-state index in [1.54, 1.807) is 6.07 Å². The number of aldehydes is 1. The van der Waals surface area contributed by atoms with Gasteiger partial charge in [-0.2, -0.15) is 0 Å². The highest BCUT2D eigenvalue weighted by Crippen LogP contribution is 2.23. The monoisotopic (exact) mass is 510 g/mol. The van der Waals surface area contributed by atoms with E-state index in [2.05, 4.69) is 13.8 Å². The molecule has 0 unspecified atom stereocenters. The Bertz CT molecular complexity index is 877. The molecule has 0 atom stereocenters. The van der Waals surface area contributed by atoms with Crippen LogP contribution in [0, 0.1) is 0 Å². The predicted molar refractivity (Wildman–Crippen MR) is 154 cm³/mol. The van der Waals surface area contributed by atoms with Crippen LogP contribution in [0.4, 0.5) is 0 Å². The minimum atomic E-state index is 0.0272. The SMILES string of the molecule is CCCCCCCCCc1ccc(OCOCc2cc(CCCCCCCCC)ccc2O)c(C=O)c1. The maximum atomic E-state index is 11.6. The summed E-state index contributed by atoms with van der Waals surface area (Å²) in [5.74, 6) is 0.779. The molecular weight excluding hydrogens is 460 g/mol. The van der Waals surface area contributed by atoms with Gasteiger partial charge in [-0.05, 0) is 61.1 Å². The molecular formula is C33H50O4. The lowest BCUT2D eigenvalue weighted by Gasteiger charge is -2.12. The van der Waals surface area contributed by atoms with Crippen LogP contribution in [0.15, 0.2) is 36.4 Å². The third kappa shape index (κ3) is 13.2. The Kier molecular flexibility index (Phi) is 16.5. The second-order valence-corrected chi connectivity index (χ2v) is 10.3. The van der Waals surface area contributed by atoms with Crippen LogP contribution in [0.25, 0.3) is 0 Å². The number of rotatable bonds is 22. The molecule has 2 aromatic carbocycles. The van der Waals surface area contributed by atoms with Crippen LogP contribution >= 0.6 is 0 Å². The van der Waals surface area contributed by atoms with Crippen LogP contribution < -0.4 is 4.74 Å². The maximum absolute atomic E-state index is 11.6. The molecule has 0 aromatic heterocycles. The van der Waals surface area contributed by atoms with Crippen molar-refractivity contribution in [3.8, 4) is 11.5 Å². The Labute approximate surface area is 225 Å². The molecule has 37 heavy (non-hydrogen) atoms. The number of ether oxygens (including phenoxy) is 2. The molecule has 0 aliphatic carbocycles. The molecule has 206 valence electrons. The first kappa shape index (κ1) is 30.9. The molecule has 0 bridgehead atoms. The summed E-state index contributed by atoms with van der Waals surface area (Å²) < 4.78 is 11.4. The van der Waals surface area contributed by atoms with E-state index in [1.165, 1.54) is 94.6 Å². The molecule has 1 N–H and O–H groups in total. The second kappa shape index (κ2) is 19.7. The van der Waals surface area contributed by atoms with E-state index < -0.39 is 0 Å². The molecule has 2 rings (SSSR count). The lowest BCUT2D eigenvalue weighted by molar-refractivity contribution is 0.00409. The number of carbonyl (C=O) groups excluding carboxylic acids is 1. The van der Waals surface area contributed by atoms with Crippen molar-refractivity contribution in [2.75, 3.05) is 6.79 Å². The molecule has 0 aliphatic rings. The zero-order valence-corrected chi connectivity index (χ0v) is 23.4. The van der Waals surface area contributed by atoms with E-state index in [9.17, 15) is 9.90 Å². The molecule has 0 amide bonds. The van der Waals surface area contributed by atoms with Crippen LogP contribution in [0.3, 0.4) is 0 Å². The number of aryl methyl sites for hydroxylation is 2. The van der Waals surface area contributed by atoms with Crippen molar-refractivity contribution in [1.82, 2.24) is 0 Å². The molecule has 0 fully saturated rings. The van der Waals surface area contributed by atoms with Gasteiger partial charge in [0, 0.05) is 5.56 Å². The van der Waals surface area contributed by atoms with Crippen molar-refractivity contribution in [2.24, 2.45) is 0 Å².